The van der Waals surface area contributed by atoms with Crippen molar-refractivity contribution in [3.05, 3.63) is 35.5 Å². The van der Waals surface area contributed by atoms with Gasteiger partial charge in [0.2, 0.25) is 5.78 Å². The van der Waals surface area contributed by atoms with Gasteiger partial charge in [0.25, 0.3) is 0 Å². The molecule has 0 saturated heterocycles. The molecule has 1 aromatic heterocycles. The number of hydrogen-bond donors (Lipinski definition) is 1. The van der Waals surface area contributed by atoms with E-state index in [1.54, 1.807) is 6.92 Å². The average Bonchev–Trinajstić information content (AvgIpc) is 3.08. The van der Waals surface area contributed by atoms with Gasteiger partial charge >= 0.3 is 5.97 Å². The van der Waals surface area contributed by atoms with Crippen molar-refractivity contribution < 1.29 is 14.3 Å². The molecule has 0 amide bonds. The summed E-state index contributed by atoms with van der Waals surface area (Å²) in [5.74, 6) is -0.0357. The van der Waals surface area contributed by atoms with Gasteiger partial charge in [0.1, 0.15) is 0 Å². The molecule has 21 heavy (non-hydrogen) atoms. The normalized spacial score (nSPS) is 22.0. The molecule has 1 aromatic carbocycles. The Labute approximate surface area is 123 Å². The number of carbonyl (C=O) groups is 2. The van der Waals surface area contributed by atoms with Gasteiger partial charge in [-0.2, -0.15) is 0 Å². The Morgan fingerprint density at radius 1 is 1.33 bits per heavy atom. The number of para-hydroxylation sites is 1. The number of ketones is 1. The molecule has 0 spiro atoms. The van der Waals surface area contributed by atoms with Crippen LogP contribution >= 0.6 is 0 Å². The Hall–Kier alpha value is -2.10. The van der Waals surface area contributed by atoms with Crippen LogP contribution in [0.15, 0.2) is 24.3 Å². The topological polar surface area (TPSA) is 59.2 Å². The first-order chi connectivity index (χ1) is 9.99. The molecule has 0 bridgehead atoms. The van der Waals surface area contributed by atoms with Gasteiger partial charge in [-0.05, 0) is 32.3 Å². The molecule has 3 rings (SSSR count). The fraction of sp³-hybridized carbons (Fsp3) is 0.412. The standard InChI is InChI=1S/C17H19NO3/c1-9-8-13(9)17(20)21-11(3)16(19)15-10(2)18-14-7-5-4-6-12(14)15/h4-7,9,11,13,18H,8H2,1-3H3/t9-,11+,13+/m0/s1. The fourth-order valence-corrected chi connectivity index (χ4v) is 2.76. The first-order valence-electron chi connectivity index (χ1n) is 7.31. The van der Waals surface area contributed by atoms with Crippen molar-refractivity contribution in [1.82, 2.24) is 4.98 Å². The molecule has 3 atom stereocenters. The molecule has 1 heterocycles. The number of aryl methyl sites for hydroxylation is 1. The lowest BCUT2D eigenvalue weighted by Crippen LogP contribution is -2.25. The number of esters is 1. The van der Waals surface area contributed by atoms with Crippen LogP contribution in [0.3, 0.4) is 0 Å². The van der Waals surface area contributed by atoms with Gasteiger partial charge in [-0.15, -0.1) is 0 Å². The number of fused-ring (bicyclic) bond motifs is 1. The summed E-state index contributed by atoms with van der Waals surface area (Å²) in [5.41, 5.74) is 2.35. The van der Waals surface area contributed by atoms with E-state index in [9.17, 15) is 9.59 Å². The highest BCUT2D eigenvalue weighted by Gasteiger charge is 2.41. The van der Waals surface area contributed by atoms with Gasteiger partial charge in [-0.25, -0.2) is 0 Å². The lowest BCUT2D eigenvalue weighted by atomic mass is 10.0. The minimum absolute atomic E-state index is 0.0238. The zero-order valence-electron chi connectivity index (χ0n) is 12.5. The second-order valence-electron chi connectivity index (χ2n) is 5.93. The SMILES string of the molecule is Cc1[nH]c2ccccc2c1C(=O)[C@@H](C)OC(=O)[C@@H]1C[C@@H]1C. The summed E-state index contributed by atoms with van der Waals surface area (Å²) >= 11 is 0. The molecule has 110 valence electrons. The Kier molecular flexibility index (Phi) is 3.32. The van der Waals surface area contributed by atoms with Crippen molar-refractivity contribution in [2.75, 3.05) is 0 Å². The molecule has 4 nitrogen and oxygen atoms in total. The lowest BCUT2D eigenvalue weighted by Gasteiger charge is -2.12. The first-order valence-corrected chi connectivity index (χ1v) is 7.31. The van der Waals surface area contributed by atoms with Crippen molar-refractivity contribution in [2.45, 2.75) is 33.3 Å². The Morgan fingerprint density at radius 3 is 2.67 bits per heavy atom. The first kappa shape index (κ1) is 13.9. The highest BCUT2D eigenvalue weighted by molar-refractivity contribution is 6.11. The van der Waals surface area contributed by atoms with Crippen molar-refractivity contribution in [3.63, 3.8) is 0 Å². The molecular formula is C17H19NO3. The van der Waals surface area contributed by atoms with Crippen LogP contribution in [0.1, 0.15) is 36.3 Å². The minimum Gasteiger partial charge on any atom is -0.454 e. The van der Waals surface area contributed by atoms with E-state index in [1.807, 2.05) is 38.1 Å². The molecular weight excluding hydrogens is 266 g/mol. The van der Waals surface area contributed by atoms with Crippen LogP contribution in [0.5, 0.6) is 0 Å². The number of hydrogen-bond acceptors (Lipinski definition) is 3. The molecule has 1 fully saturated rings. The number of carbonyl (C=O) groups excluding carboxylic acids is 2. The van der Waals surface area contributed by atoms with Gasteiger partial charge in [-0.3, -0.25) is 9.59 Å². The van der Waals surface area contributed by atoms with Crippen molar-refractivity contribution in [3.8, 4) is 0 Å². The lowest BCUT2D eigenvalue weighted by molar-refractivity contribution is -0.148. The number of rotatable bonds is 4. The molecule has 0 aliphatic heterocycles. The highest BCUT2D eigenvalue weighted by atomic mass is 16.5. The van der Waals surface area contributed by atoms with Crippen LogP contribution in [0.4, 0.5) is 0 Å². The summed E-state index contributed by atoms with van der Waals surface area (Å²) in [6.45, 7) is 5.53. The number of benzene rings is 1. The maximum atomic E-state index is 12.6. The zero-order valence-corrected chi connectivity index (χ0v) is 12.5. The van der Waals surface area contributed by atoms with Crippen LogP contribution in [0, 0.1) is 18.8 Å². The maximum Gasteiger partial charge on any atom is 0.309 e. The predicted octanol–water partition coefficient (Wildman–Crippen LogP) is 3.25. The van der Waals surface area contributed by atoms with Crippen molar-refractivity contribution in [2.24, 2.45) is 11.8 Å². The van der Waals surface area contributed by atoms with Gasteiger partial charge in [0.15, 0.2) is 6.10 Å². The Morgan fingerprint density at radius 2 is 2.00 bits per heavy atom. The zero-order chi connectivity index (χ0) is 15.1. The number of ether oxygens (including phenoxy) is 1. The van der Waals surface area contributed by atoms with E-state index in [1.165, 1.54) is 0 Å². The second kappa shape index (κ2) is 5.02. The Balaban J connectivity index is 1.83. The largest absolute Gasteiger partial charge is 0.454 e. The van der Waals surface area contributed by atoms with Crippen molar-refractivity contribution in [1.29, 1.82) is 0 Å². The molecule has 1 aliphatic carbocycles. The summed E-state index contributed by atoms with van der Waals surface area (Å²) in [6, 6.07) is 7.66. The van der Waals surface area contributed by atoms with Crippen LogP contribution in [-0.4, -0.2) is 22.8 Å². The van der Waals surface area contributed by atoms with Gasteiger partial charge in [0.05, 0.1) is 5.92 Å². The third kappa shape index (κ3) is 2.46. The summed E-state index contributed by atoms with van der Waals surface area (Å²) in [6.07, 6.45) is 0.120. The molecule has 2 aromatic rings. The number of aromatic nitrogens is 1. The quantitative estimate of drug-likeness (QED) is 0.693. The third-order valence-electron chi connectivity index (χ3n) is 4.21. The van der Waals surface area contributed by atoms with Gasteiger partial charge in [0, 0.05) is 22.2 Å². The van der Waals surface area contributed by atoms with E-state index in [2.05, 4.69) is 4.98 Å². The average molecular weight is 285 g/mol. The summed E-state index contributed by atoms with van der Waals surface area (Å²) in [5, 5.41) is 0.877. The smallest absolute Gasteiger partial charge is 0.309 e. The van der Waals surface area contributed by atoms with Crippen LogP contribution in [-0.2, 0) is 9.53 Å². The Bertz CT molecular complexity index is 716. The van der Waals surface area contributed by atoms with Crippen LogP contribution < -0.4 is 0 Å². The maximum absolute atomic E-state index is 12.6. The fourth-order valence-electron chi connectivity index (χ4n) is 2.76. The van der Waals surface area contributed by atoms with E-state index in [-0.39, 0.29) is 17.7 Å². The van der Waals surface area contributed by atoms with Gasteiger partial charge in [-0.1, -0.05) is 25.1 Å². The van der Waals surface area contributed by atoms with E-state index in [0.29, 0.717) is 11.5 Å². The third-order valence-corrected chi connectivity index (χ3v) is 4.21. The molecule has 4 heteroatoms. The number of Topliss-reactive ketones (excluding diaryl/α,β-unsaturated/α-hetero) is 1. The summed E-state index contributed by atoms with van der Waals surface area (Å²) < 4.78 is 5.33. The molecule has 0 radical (unpaired) electrons. The van der Waals surface area contributed by atoms with Crippen LogP contribution in [0.25, 0.3) is 10.9 Å². The van der Waals surface area contributed by atoms with E-state index in [4.69, 9.17) is 4.74 Å². The molecule has 1 saturated carbocycles. The minimum atomic E-state index is -0.747. The van der Waals surface area contributed by atoms with Crippen LogP contribution in [0.2, 0.25) is 0 Å². The van der Waals surface area contributed by atoms with E-state index >= 15 is 0 Å². The highest BCUT2D eigenvalue weighted by Crippen LogP contribution is 2.39. The van der Waals surface area contributed by atoms with Gasteiger partial charge < -0.3 is 9.72 Å². The van der Waals surface area contributed by atoms with Crippen molar-refractivity contribution >= 4 is 22.7 Å². The molecule has 0 unspecified atom stereocenters. The molecule has 1 N–H and O–H groups in total. The van der Waals surface area contributed by atoms with E-state index < -0.39 is 6.10 Å². The monoisotopic (exact) mass is 285 g/mol. The molecule has 1 aliphatic rings. The summed E-state index contributed by atoms with van der Waals surface area (Å²) in [4.78, 5) is 27.7. The van der Waals surface area contributed by atoms with E-state index in [0.717, 1.165) is 23.0 Å². The summed E-state index contributed by atoms with van der Waals surface area (Å²) in [7, 11) is 0. The number of aromatic amines is 1. The predicted molar refractivity (Wildman–Crippen MR) is 80.2 cm³/mol. The number of H-pyrrole nitrogens is 1. The second-order valence-corrected chi connectivity index (χ2v) is 5.93. The number of nitrogens with one attached hydrogen (secondary N) is 1.